The molecular formula is C19H39N. The third kappa shape index (κ3) is 14.0. The normalized spacial score (nSPS) is 13.7. The Balaban J connectivity index is 3.81. The average molecular weight is 282 g/mol. The van der Waals surface area contributed by atoms with E-state index < -0.39 is 0 Å². The molecule has 0 fully saturated rings. The van der Waals surface area contributed by atoms with Crippen molar-refractivity contribution in [2.45, 2.75) is 87.0 Å². The van der Waals surface area contributed by atoms with Gasteiger partial charge in [-0.1, -0.05) is 53.5 Å². The molecule has 0 saturated carbocycles. The quantitative estimate of drug-likeness (QED) is 0.475. The molecule has 20 heavy (non-hydrogen) atoms. The van der Waals surface area contributed by atoms with E-state index >= 15 is 0 Å². The Morgan fingerprint density at radius 1 is 0.850 bits per heavy atom. The summed E-state index contributed by atoms with van der Waals surface area (Å²) < 4.78 is 0. The molecule has 0 atom stereocenters. The number of rotatable bonds is 8. The summed E-state index contributed by atoms with van der Waals surface area (Å²) in [6, 6.07) is 0. The highest BCUT2D eigenvalue weighted by molar-refractivity contribution is 4.96. The first-order valence-electron chi connectivity index (χ1n) is 8.37. The predicted octanol–water partition coefficient (Wildman–Crippen LogP) is 6.25. The first kappa shape index (κ1) is 19.5. The smallest absolute Gasteiger partial charge is 0.0169 e. The molecule has 0 unspecified atom stereocenters. The van der Waals surface area contributed by atoms with Crippen molar-refractivity contribution in [3.63, 3.8) is 0 Å². The molecule has 0 aromatic rings. The van der Waals surface area contributed by atoms with Gasteiger partial charge in [-0.2, -0.15) is 0 Å². The molecule has 120 valence electrons. The maximum absolute atomic E-state index is 2.37. The van der Waals surface area contributed by atoms with Gasteiger partial charge in [0.1, 0.15) is 0 Å². The first-order valence-corrected chi connectivity index (χ1v) is 8.37. The molecule has 0 aliphatic carbocycles. The first-order chi connectivity index (χ1) is 8.99. The Kier molecular flexibility index (Phi) is 8.54. The largest absolute Gasteiger partial charge is 0.380 e. The highest BCUT2D eigenvalue weighted by Gasteiger charge is 2.10. The van der Waals surface area contributed by atoms with Crippen LogP contribution in [0.5, 0.6) is 0 Å². The summed E-state index contributed by atoms with van der Waals surface area (Å²) in [4.78, 5) is 2.37. The molecule has 1 heteroatoms. The van der Waals surface area contributed by atoms with Crippen LogP contribution in [0.4, 0.5) is 0 Å². The lowest BCUT2D eigenvalue weighted by Crippen LogP contribution is -2.14. The minimum atomic E-state index is 0.471. The molecule has 0 heterocycles. The molecule has 0 aromatic carbocycles. The second-order valence-electron chi connectivity index (χ2n) is 8.89. The Labute approximate surface area is 128 Å². The van der Waals surface area contributed by atoms with E-state index in [1.807, 2.05) is 0 Å². The van der Waals surface area contributed by atoms with Crippen molar-refractivity contribution in [2.75, 3.05) is 13.6 Å². The van der Waals surface area contributed by atoms with Gasteiger partial charge >= 0.3 is 0 Å². The van der Waals surface area contributed by atoms with Crippen LogP contribution >= 0.6 is 0 Å². The summed E-state index contributed by atoms with van der Waals surface area (Å²) in [5.41, 5.74) is 2.48. The molecule has 0 bridgehead atoms. The second-order valence-corrected chi connectivity index (χ2v) is 8.89. The molecule has 0 aliphatic heterocycles. The molecule has 0 rings (SSSR count). The summed E-state index contributed by atoms with van der Waals surface area (Å²) in [6.45, 7) is 17.4. The van der Waals surface area contributed by atoms with Crippen LogP contribution in [0.2, 0.25) is 0 Å². The topological polar surface area (TPSA) is 3.24 Å². The third-order valence-corrected chi connectivity index (χ3v) is 3.63. The van der Waals surface area contributed by atoms with Crippen molar-refractivity contribution in [3.05, 3.63) is 11.8 Å². The minimum absolute atomic E-state index is 0.471. The zero-order valence-electron chi connectivity index (χ0n) is 15.5. The number of allylic oxidation sites excluding steroid dienone is 1. The minimum Gasteiger partial charge on any atom is -0.380 e. The summed E-state index contributed by atoms with van der Waals surface area (Å²) in [5, 5.41) is 0. The molecule has 0 spiro atoms. The second kappa shape index (κ2) is 8.74. The van der Waals surface area contributed by atoms with Gasteiger partial charge in [0.05, 0.1) is 0 Å². The average Bonchev–Trinajstić information content (AvgIpc) is 2.21. The lowest BCUT2D eigenvalue weighted by atomic mass is 9.89. The van der Waals surface area contributed by atoms with Gasteiger partial charge in [0.15, 0.2) is 0 Å². The van der Waals surface area contributed by atoms with Crippen molar-refractivity contribution in [1.82, 2.24) is 4.90 Å². The molecular weight excluding hydrogens is 242 g/mol. The number of nitrogens with zero attached hydrogens (tertiary/aromatic N) is 1. The Morgan fingerprint density at radius 2 is 1.35 bits per heavy atom. The molecule has 0 radical (unpaired) electrons. The van der Waals surface area contributed by atoms with Crippen molar-refractivity contribution in [3.8, 4) is 0 Å². The monoisotopic (exact) mass is 281 g/mol. The lowest BCUT2D eigenvalue weighted by Gasteiger charge is -2.20. The van der Waals surface area contributed by atoms with E-state index in [1.165, 1.54) is 50.6 Å². The van der Waals surface area contributed by atoms with E-state index in [4.69, 9.17) is 0 Å². The van der Waals surface area contributed by atoms with Crippen LogP contribution in [0.15, 0.2) is 11.8 Å². The van der Waals surface area contributed by atoms with Crippen molar-refractivity contribution in [2.24, 2.45) is 10.8 Å². The zero-order chi connectivity index (χ0) is 15.8. The van der Waals surface area contributed by atoms with Crippen molar-refractivity contribution < 1.29 is 0 Å². The SMILES string of the molecule is C/C(=C\N(C)CCCCC(C)(C)C)CCCC(C)(C)C. The van der Waals surface area contributed by atoms with E-state index in [-0.39, 0.29) is 0 Å². The van der Waals surface area contributed by atoms with Crippen LogP contribution in [-0.2, 0) is 0 Å². The number of hydrogen-bond acceptors (Lipinski definition) is 1. The van der Waals surface area contributed by atoms with E-state index in [9.17, 15) is 0 Å². The fourth-order valence-corrected chi connectivity index (χ4v) is 2.42. The maximum Gasteiger partial charge on any atom is 0.0169 e. The van der Waals surface area contributed by atoms with Crippen molar-refractivity contribution >= 4 is 0 Å². The Bertz CT molecular complexity index is 275. The van der Waals surface area contributed by atoms with Crippen LogP contribution in [-0.4, -0.2) is 18.5 Å². The molecule has 0 aromatic heterocycles. The molecule has 0 amide bonds. The van der Waals surface area contributed by atoms with E-state index in [2.05, 4.69) is 66.6 Å². The van der Waals surface area contributed by atoms with E-state index in [0.29, 0.717) is 10.8 Å². The van der Waals surface area contributed by atoms with Gasteiger partial charge in [0.2, 0.25) is 0 Å². The predicted molar refractivity (Wildman–Crippen MR) is 93.0 cm³/mol. The number of hydrogen-bond donors (Lipinski definition) is 0. The molecule has 0 aliphatic rings. The van der Waals surface area contributed by atoms with Crippen LogP contribution in [0.25, 0.3) is 0 Å². The Hall–Kier alpha value is -0.460. The van der Waals surface area contributed by atoms with Crippen LogP contribution in [0, 0.1) is 10.8 Å². The van der Waals surface area contributed by atoms with Gasteiger partial charge in [-0.05, 0) is 56.1 Å². The van der Waals surface area contributed by atoms with Gasteiger partial charge in [0.25, 0.3) is 0 Å². The highest BCUT2D eigenvalue weighted by atomic mass is 15.1. The van der Waals surface area contributed by atoms with Gasteiger partial charge in [-0.25, -0.2) is 0 Å². The molecule has 1 nitrogen and oxygen atoms in total. The van der Waals surface area contributed by atoms with E-state index in [1.54, 1.807) is 0 Å². The van der Waals surface area contributed by atoms with Crippen LogP contribution < -0.4 is 0 Å². The summed E-state index contributed by atoms with van der Waals surface area (Å²) in [7, 11) is 2.21. The Morgan fingerprint density at radius 3 is 1.85 bits per heavy atom. The summed E-state index contributed by atoms with van der Waals surface area (Å²) in [5.74, 6) is 0. The van der Waals surface area contributed by atoms with Gasteiger partial charge in [-0.15, -0.1) is 0 Å². The fraction of sp³-hybridized carbons (Fsp3) is 0.895. The van der Waals surface area contributed by atoms with Gasteiger partial charge < -0.3 is 4.90 Å². The van der Waals surface area contributed by atoms with Gasteiger partial charge in [0, 0.05) is 13.6 Å². The van der Waals surface area contributed by atoms with Crippen molar-refractivity contribution in [1.29, 1.82) is 0 Å². The van der Waals surface area contributed by atoms with Gasteiger partial charge in [-0.3, -0.25) is 0 Å². The van der Waals surface area contributed by atoms with Crippen LogP contribution in [0.3, 0.4) is 0 Å². The third-order valence-electron chi connectivity index (χ3n) is 3.63. The van der Waals surface area contributed by atoms with Crippen LogP contribution in [0.1, 0.15) is 87.0 Å². The van der Waals surface area contributed by atoms with E-state index in [0.717, 1.165) is 0 Å². The zero-order valence-corrected chi connectivity index (χ0v) is 15.5. The standard InChI is InChI=1S/C19H39N/c1-17(12-11-14-19(5,6)7)16-20(8)15-10-9-13-18(2,3)4/h16H,9-15H2,1-8H3/b17-16+. The summed E-state index contributed by atoms with van der Waals surface area (Å²) >= 11 is 0. The maximum atomic E-state index is 2.37. The summed E-state index contributed by atoms with van der Waals surface area (Å²) in [6.07, 6.45) is 10.2. The fourth-order valence-electron chi connectivity index (χ4n) is 2.42. The molecule has 0 saturated heterocycles. The lowest BCUT2D eigenvalue weighted by molar-refractivity contribution is 0.341. The highest BCUT2D eigenvalue weighted by Crippen LogP contribution is 2.23. The molecule has 0 N–H and O–H groups in total. The number of unbranched alkanes of at least 4 members (excludes halogenated alkanes) is 1.